The Morgan fingerprint density at radius 3 is 2.66 bits per heavy atom. The van der Waals surface area contributed by atoms with E-state index in [-0.39, 0.29) is 11.1 Å². The van der Waals surface area contributed by atoms with Crippen LogP contribution < -0.4 is 10.2 Å². The predicted molar refractivity (Wildman–Crippen MR) is 141 cm³/mol. The van der Waals surface area contributed by atoms with Crippen LogP contribution in [0.2, 0.25) is 0 Å². The number of nitrogens with zero attached hydrogens (tertiary/aromatic N) is 2. The van der Waals surface area contributed by atoms with Crippen LogP contribution in [0, 0.1) is 6.92 Å². The molecule has 0 aliphatic carbocycles. The summed E-state index contributed by atoms with van der Waals surface area (Å²) in [5.74, 6) is -0.657. The molecule has 0 bridgehead atoms. The maximum Gasteiger partial charge on any atom is 0.433 e. The number of anilines is 2. The molecule has 3 heterocycles. The normalized spacial score (nSPS) is 20.5. The van der Waals surface area contributed by atoms with Gasteiger partial charge in [-0.25, -0.2) is 0 Å². The first-order chi connectivity index (χ1) is 18.0. The van der Waals surface area contributed by atoms with Crippen LogP contribution in [-0.4, -0.2) is 41.3 Å². The molecule has 2 unspecified atom stereocenters. The summed E-state index contributed by atoms with van der Waals surface area (Å²) in [5.41, 5.74) is 3.50. The number of halogens is 3. The average Bonchev–Trinajstić information content (AvgIpc) is 2.90. The van der Waals surface area contributed by atoms with Gasteiger partial charge in [0, 0.05) is 41.7 Å². The van der Waals surface area contributed by atoms with Crippen LogP contribution in [0.5, 0.6) is 0 Å². The number of carbonyl (C=O) groups excluding carboxylic acids is 1. The van der Waals surface area contributed by atoms with E-state index in [1.807, 2.05) is 45.0 Å². The average molecular weight is 528 g/mol. The molecule has 38 heavy (non-hydrogen) atoms. The summed E-state index contributed by atoms with van der Waals surface area (Å²) < 4.78 is 44.7. The number of aromatic nitrogens is 1. The molecule has 2 aromatic carbocycles. The number of aliphatic hydroxyl groups is 1. The number of pyridine rings is 1. The minimum absolute atomic E-state index is 0.131. The van der Waals surface area contributed by atoms with Crippen molar-refractivity contribution in [3.05, 3.63) is 77.1 Å². The lowest BCUT2D eigenvalue weighted by atomic mass is 9.82. The van der Waals surface area contributed by atoms with Crippen molar-refractivity contribution in [3.8, 4) is 11.1 Å². The molecule has 2 N–H and O–H groups in total. The van der Waals surface area contributed by atoms with Crippen LogP contribution in [0.3, 0.4) is 0 Å². The van der Waals surface area contributed by atoms with Gasteiger partial charge in [0.2, 0.25) is 0 Å². The molecule has 0 spiro atoms. The van der Waals surface area contributed by atoms with Gasteiger partial charge in [-0.1, -0.05) is 32.0 Å². The molecule has 5 rings (SSSR count). The number of hydrogen-bond acceptors (Lipinski definition) is 5. The Morgan fingerprint density at radius 1 is 1.16 bits per heavy atom. The number of carbonyl (C=O) groups is 1. The summed E-state index contributed by atoms with van der Waals surface area (Å²) in [6.07, 6.45) is -3.67. The first-order valence-corrected chi connectivity index (χ1v) is 12.7. The van der Waals surface area contributed by atoms with Crippen molar-refractivity contribution < 1.29 is 27.8 Å². The van der Waals surface area contributed by atoms with E-state index >= 15 is 0 Å². The van der Waals surface area contributed by atoms with Crippen LogP contribution in [0.25, 0.3) is 11.1 Å². The largest absolute Gasteiger partial charge is 0.433 e. The smallest absolute Gasteiger partial charge is 0.388 e. The molecule has 1 fully saturated rings. The number of alkyl halides is 3. The van der Waals surface area contributed by atoms with Crippen LogP contribution in [0.15, 0.2) is 54.7 Å². The molecular weight excluding hydrogens is 495 g/mol. The monoisotopic (exact) mass is 527 g/mol. The third-order valence-electron chi connectivity index (χ3n) is 6.96. The Morgan fingerprint density at radius 2 is 1.92 bits per heavy atom. The van der Waals surface area contributed by atoms with Gasteiger partial charge in [-0.2, -0.15) is 13.2 Å². The fraction of sp³-hybridized carbons (Fsp3) is 0.379. The number of rotatable bonds is 3. The first kappa shape index (κ1) is 27.6. The number of hydrogen-bond donors (Lipinski definition) is 2. The van der Waals surface area contributed by atoms with Gasteiger partial charge in [-0.3, -0.25) is 9.78 Å². The Hall–Kier alpha value is -3.43. The molecule has 2 atom stereocenters. The van der Waals surface area contributed by atoms with E-state index < -0.39 is 23.9 Å². The van der Waals surface area contributed by atoms with Gasteiger partial charge in [-0.05, 0) is 60.9 Å². The number of ether oxygens (including phenoxy) is 1. The third kappa shape index (κ3) is 5.39. The van der Waals surface area contributed by atoms with Crippen molar-refractivity contribution in [3.63, 3.8) is 0 Å². The van der Waals surface area contributed by atoms with Crippen molar-refractivity contribution in [2.75, 3.05) is 30.0 Å². The number of fused-ring (bicyclic) bond motifs is 3. The second-order valence-corrected chi connectivity index (χ2v) is 9.61. The molecule has 2 aliphatic rings. The van der Waals surface area contributed by atoms with Crippen molar-refractivity contribution in [2.24, 2.45) is 0 Å². The molecular formula is C29H32F3N3O3. The lowest BCUT2D eigenvalue weighted by Crippen LogP contribution is -2.58. The van der Waals surface area contributed by atoms with Gasteiger partial charge < -0.3 is 20.1 Å². The van der Waals surface area contributed by atoms with Gasteiger partial charge in [0.15, 0.2) is 0 Å². The van der Waals surface area contributed by atoms with Crippen molar-refractivity contribution in [2.45, 2.75) is 51.9 Å². The van der Waals surface area contributed by atoms with Crippen molar-refractivity contribution >= 4 is 17.3 Å². The Bertz CT molecular complexity index is 1330. The highest BCUT2D eigenvalue weighted by molar-refractivity contribution is 6.04. The summed E-state index contributed by atoms with van der Waals surface area (Å²) >= 11 is 0. The second-order valence-electron chi connectivity index (χ2n) is 9.61. The minimum atomic E-state index is -4.64. The Labute approximate surface area is 220 Å². The zero-order chi connectivity index (χ0) is 27.7. The fourth-order valence-electron chi connectivity index (χ4n) is 5.07. The summed E-state index contributed by atoms with van der Waals surface area (Å²) in [7, 11) is 0. The van der Waals surface area contributed by atoms with Crippen LogP contribution in [0.1, 0.15) is 60.5 Å². The quantitative estimate of drug-likeness (QED) is 0.413. The summed E-state index contributed by atoms with van der Waals surface area (Å²) in [4.78, 5) is 18.3. The summed E-state index contributed by atoms with van der Waals surface area (Å²) in [6.45, 7) is 9.92. The number of aliphatic hydroxyl groups excluding tert-OH is 1. The molecule has 2 aliphatic heterocycles. The zero-order valence-electron chi connectivity index (χ0n) is 21.9. The highest BCUT2D eigenvalue weighted by atomic mass is 19.4. The number of amides is 1. The number of morpholine rings is 1. The molecule has 1 aromatic heterocycles. The molecule has 9 heteroatoms. The standard InChI is InChI=1S/C27H26F3N3O3.C2H6/c1-16-3-5-19(32-25(35)18-7-8-31-24(12-18)27(28,29)30)13-21(16)17-4-6-20-22(11-17)33-9-10-36-15-26(33,2)14-23(20)34;1-2/h3-8,11-13,23,34H,9-10,14-15H2,1-2H3,(H,32,35);1-2H3. The van der Waals surface area contributed by atoms with E-state index in [0.717, 1.165) is 46.7 Å². The van der Waals surface area contributed by atoms with E-state index in [1.165, 1.54) is 6.07 Å². The van der Waals surface area contributed by atoms with Crippen LogP contribution in [-0.2, 0) is 10.9 Å². The zero-order valence-corrected chi connectivity index (χ0v) is 21.9. The lowest BCUT2D eigenvalue weighted by molar-refractivity contribution is -0.141. The second kappa shape index (κ2) is 10.7. The van der Waals surface area contributed by atoms with E-state index in [1.54, 1.807) is 12.1 Å². The molecule has 1 amide bonds. The highest BCUT2D eigenvalue weighted by Crippen LogP contribution is 2.45. The van der Waals surface area contributed by atoms with E-state index in [9.17, 15) is 23.1 Å². The first-order valence-electron chi connectivity index (χ1n) is 12.7. The van der Waals surface area contributed by atoms with Gasteiger partial charge in [-0.15, -0.1) is 0 Å². The highest BCUT2D eigenvalue weighted by Gasteiger charge is 2.43. The van der Waals surface area contributed by atoms with E-state index in [2.05, 4.69) is 22.1 Å². The minimum Gasteiger partial charge on any atom is -0.388 e. The molecule has 3 aromatic rings. The summed E-state index contributed by atoms with van der Waals surface area (Å²) in [6, 6.07) is 13.3. The van der Waals surface area contributed by atoms with E-state index in [0.29, 0.717) is 25.3 Å². The van der Waals surface area contributed by atoms with Crippen LogP contribution >= 0.6 is 0 Å². The van der Waals surface area contributed by atoms with Gasteiger partial charge in [0.1, 0.15) is 5.69 Å². The topological polar surface area (TPSA) is 74.7 Å². The SMILES string of the molecule is CC.Cc1ccc(NC(=O)c2ccnc(C(F)(F)F)c2)cc1-c1ccc2c(c1)N1CCOCC1(C)CC2O. The number of nitrogens with one attached hydrogen (secondary N) is 1. The third-order valence-corrected chi connectivity index (χ3v) is 6.96. The summed E-state index contributed by atoms with van der Waals surface area (Å²) in [5, 5.41) is 13.5. The van der Waals surface area contributed by atoms with Crippen molar-refractivity contribution in [1.29, 1.82) is 0 Å². The molecule has 6 nitrogen and oxygen atoms in total. The van der Waals surface area contributed by atoms with Gasteiger partial charge in [0.25, 0.3) is 5.91 Å². The molecule has 202 valence electrons. The predicted octanol–water partition coefficient (Wildman–Crippen LogP) is 6.39. The van der Waals surface area contributed by atoms with E-state index in [4.69, 9.17) is 4.74 Å². The van der Waals surface area contributed by atoms with Crippen LogP contribution in [0.4, 0.5) is 24.5 Å². The maximum atomic E-state index is 13.0. The molecule has 1 saturated heterocycles. The number of benzene rings is 2. The Kier molecular flexibility index (Phi) is 7.80. The number of aryl methyl sites for hydroxylation is 1. The maximum absolute atomic E-state index is 13.0. The van der Waals surface area contributed by atoms with Crippen molar-refractivity contribution in [1.82, 2.24) is 4.98 Å². The van der Waals surface area contributed by atoms with Gasteiger partial charge in [0.05, 0.1) is 24.9 Å². The van der Waals surface area contributed by atoms with Gasteiger partial charge >= 0.3 is 6.18 Å². The fourth-order valence-corrected chi connectivity index (χ4v) is 5.07. The Balaban J connectivity index is 0.00000164. The molecule has 0 radical (unpaired) electrons. The molecule has 0 saturated carbocycles. The lowest BCUT2D eigenvalue weighted by Gasteiger charge is -2.51.